The average molecular weight is 825 g/mol. The van der Waals surface area contributed by atoms with Gasteiger partial charge in [0.2, 0.25) is 5.60 Å². The number of piperidine rings is 1. The molecule has 9 rings (SSSR count). The van der Waals surface area contributed by atoms with Gasteiger partial charge in [-0.2, -0.15) is 0 Å². The van der Waals surface area contributed by atoms with Crippen LogP contribution in [0.15, 0.2) is 48.6 Å². The van der Waals surface area contributed by atoms with E-state index in [0.29, 0.717) is 82.4 Å². The molecule has 3 fully saturated rings. The molecule has 0 radical (unpaired) electrons. The van der Waals surface area contributed by atoms with Gasteiger partial charge in [-0.25, -0.2) is 4.79 Å². The van der Waals surface area contributed by atoms with E-state index in [1.807, 2.05) is 50.1 Å². The quantitative estimate of drug-likeness (QED) is 0.176. The van der Waals surface area contributed by atoms with E-state index in [-0.39, 0.29) is 12.0 Å². The number of nitrogens with zero attached hydrogens (tertiary/aromatic N) is 3. The van der Waals surface area contributed by atoms with E-state index in [2.05, 4.69) is 39.1 Å². The van der Waals surface area contributed by atoms with Gasteiger partial charge < -0.3 is 39.0 Å². The van der Waals surface area contributed by atoms with E-state index in [4.69, 9.17) is 18.9 Å². The van der Waals surface area contributed by atoms with E-state index < -0.39 is 57.5 Å². The predicted octanol–water partition coefficient (Wildman–Crippen LogP) is 4.38. The van der Waals surface area contributed by atoms with Crippen molar-refractivity contribution in [1.29, 1.82) is 0 Å². The lowest BCUT2D eigenvalue weighted by Gasteiger charge is -2.63. The second-order valence-corrected chi connectivity index (χ2v) is 18.5. The average Bonchev–Trinajstić information content (AvgIpc) is 3.90. The molecular weight excluding hydrogens is 765 g/mol. The Balaban J connectivity index is 1.34. The summed E-state index contributed by atoms with van der Waals surface area (Å²) in [4.78, 5) is 53.2. The molecule has 2 unspecified atom stereocenters. The van der Waals surface area contributed by atoms with Gasteiger partial charge in [0.15, 0.2) is 6.10 Å². The molecule has 6 aliphatic rings. The standard InChI is InChI=1S/C47H60N4O9/c1-8-43(55)25-29-15-18-45(41(53)58-6,37-31(16-21-50(26-29)27-43)30-13-10-11-14-34(30)48-37)33-23-32-35(24-36(33)57-5)49(4)39-46(32)19-22-51-20-12-17-44(9-2,38(46)51)40(60-28(3)52)47(39,56)42(54)59-7/h10-14,17,23-24,29,38-40,48,55-56H,8-9,15-16,18-22,25-27H2,1-7H3/t29?,38-,39+,40+,43-,44+,45-,46+,47-/m0/s1. The smallest absolute Gasteiger partial charge is 0.344 e. The van der Waals surface area contributed by atoms with E-state index in [1.54, 1.807) is 7.11 Å². The third-order valence-corrected chi connectivity index (χ3v) is 15.9. The summed E-state index contributed by atoms with van der Waals surface area (Å²) >= 11 is 0. The fraction of sp³-hybridized carbons (Fsp3) is 0.596. The number of rotatable bonds is 7. The number of aromatic nitrogens is 1. The maximum Gasteiger partial charge on any atom is 0.344 e. The Morgan fingerprint density at radius 2 is 1.72 bits per heavy atom. The highest BCUT2D eigenvalue weighted by Gasteiger charge is 2.80. The molecule has 6 heterocycles. The second-order valence-electron chi connectivity index (χ2n) is 18.5. The highest BCUT2D eigenvalue weighted by atomic mass is 16.6. The number of benzene rings is 2. The van der Waals surface area contributed by atoms with Crippen molar-refractivity contribution < 1.29 is 43.5 Å². The van der Waals surface area contributed by atoms with Crippen LogP contribution >= 0.6 is 0 Å². The van der Waals surface area contributed by atoms with Gasteiger partial charge in [0.25, 0.3) is 0 Å². The number of H-pyrrole nitrogens is 1. The first-order valence-corrected chi connectivity index (χ1v) is 21.7. The normalized spacial score (nSPS) is 36.8. The van der Waals surface area contributed by atoms with Crippen molar-refractivity contribution >= 4 is 34.5 Å². The molecule has 3 N–H and O–H groups in total. The Morgan fingerprint density at radius 1 is 0.950 bits per heavy atom. The zero-order valence-electron chi connectivity index (χ0n) is 36.0. The molecule has 1 saturated carbocycles. The van der Waals surface area contributed by atoms with Gasteiger partial charge in [-0.1, -0.05) is 44.2 Å². The molecule has 1 spiro atoms. The van der Waals surface area contributed by atoms with Crippen LogP contribution in [0.2, 0.25) is 0 Å². The number of likely N-dealkylation sites (N-methyl/N-ethyl adjacent to an activating group) is 1. The maximum atomic E-state index is 15.3. The zero-order chi connectivity index (χ0) is 42.6. The SMILES string of the molecule is CC[C@]1(O)CC2CC[C@](C(=O)OC)(c3cc4c(cc3OC)N(C)[C@H]3[C@@](O)(C(=O)OC)[C@H](OC(C)=O)[C@]5(CC)C=CCN6CC[C@]43[C@@H]65)c3[nH]c4ccccc4c3CCN(C2)C1. The van der Waals surface area contributed by atoms with Crippen molar-refractivity contribution in [1.82, 2.24) is 14.8 Å². The Kier molecular flexibility index (Phi) is 9.77. The van der Waals surface area contributed by atoms with Gasteiger partial charge >= 0.3 is 17.9 Å². The predicted molar refractivity (Wildman–Crippen MR) is 225 cm³/mol. The summed E-state index contributed by atoms with van der Waals surface area (Å²) in [6, 6.07) is 11.0. The monoisotopic (exact) mass is 824 g/mol. The summed E-state index contributed by atoms with van der Waals surface area (Å²) in [6.45, 7) is 8.82. The van der Waals surface area contributed by atoms with E-state index in [1.165, 1.54) is 21.1 Å². The number of para-hydroxylation sites is 1. The van der Waals surface area contributed by atoms with E-state index in [9.17, 15) is 19.8 Å². The fourth-order valence-electron chi connectivity index (χ4n) is 13.6. The molecule has 1 aromatic heterocycles. The summed E-state index contributed by atoms with van der Waals surface area (Å²) in [5.41, 5.74) is -1.42. The lowest BCUT2D eigenvalue weighted by Crippen LogP contribution is -2.81. The molecule has 5 aliphatic heterocycles. The first-order chi connectivity index (χ1) is 28.7. The zero-order valence-corrected chi connectivity index (χ0v) is 36.0. The van der Waals surface area contributed by atoms with Crippen LogP contribution in [0, 0.1) is 11.3 Å². The summed E-state index contributed by atoms with van der Waals surface area (Å²) in [6.07, 6.45) is 6.81. The molecule has 1 aliphatic carbocycles. The van der Waals surface area contributed by atoms with E-state index in [0.717, 1.165) is 40.0 Å². The molecule has 0 amide bonds. The van der Waals surface area contributed by atoms with Crippen LogP contribution in [0.4, 0.5) is 5.69 Å². The molecule has 13 nitrogen and oxygen atoms in total. The molecule has 2 bridgehead atoms. The number of nitrogens with one attached hydrogen (secondary N) is 1. The van der Waals surface area contributed by atoms with Gasteiger partial charge in [0.05, 0.1) is 33.0 Å². The van der Waals surface area contributed by atoms with Crippen molar-refractivity contribution in [2.75, 3.05) is 66.0 Å². The number of anilines is 1. The van der Waals surface area contributed by atoms with Gasteiger partial charge in [-0.05, 0) is 80.7 Å². The minimum Gasteiger partial charge on any atom is -0.496 e. The number of hydrogen-bond donors (Lipinski definition) is 3. The Morgan fingerprint density at radius 3 is 2.42 bits per heavy atom. The number of methoxy groups -OCH3 is 3. The highest BCUT2D eigenvalue weighted by molar-refractivity contribution is 5.95. The summed E-state index contributed by atoms with van der Waals surface area (Å²) < 4.78 is 23.9. The first-order valence-electron chi connectivity index (χ1n) is 21.7. The minimum absolute atomic E-state index is 0.113. The summed E-state index contributed by atoms with van der Waals surface area (Å²) in [5.74, 6) is -1.31. The van der Waals surface area contributed by atoms with Gasteiger partial charge in [0, 0.05) is 90.9 Å². The number of ether oxygens (including phenoxy) is 4. The van der Waals surface area contributed by atoms with Crippen LogP contribution in [0.25, 0.3) is 10.9 Å². The number of esters is 3. The molecular formula is C47H60N4O9. The van der Waals surface area contributed by atoms with Crippen molar-refractivity contribution in [2.45, 2.75) is 106 Å². The van der Waals surface area contributed by atoms with Crippen LogP contribution in [-0.2, 0) is 45.8 Å². The molecule has 13 heteroatoms. The Labute approximate surface area is 352 Å². The number of fused-ring (bicyclic) bond motifs is 6. The molecule has 2 saturated heterocycles. The van der Waals surface area contributed by atoms with Crippen molar-refractivity contribution in [3.05, 3.63) is 70.9 Å². The largest absolute Gasteiger partial charge is 0.496 e. The van der Waals surface area contributed by atoms with Crippen molar-refractivity contribution in [3.8, 4) is 5.75 Å². The first kappa shape index (κ1) is 40.9. The summed E-state index contributed by atoms with van der Waals surface area (Å²) in [7, 11) is 6.18. The van der Waals surface area contributed by atoms with E-state index >= 15 is 4.79 Å². The van der Waals surface area contributed by atoms with Gasteiger partial charge in [-0.3, -0.25) is 19.4 Å². The Hall–Kier alpha value is -4.43. The van der Waals surface area contributed by atoms with Crippen LogP contribution < -0.4 is 9.64 Å². The molecule has 10 atom stereocenters. The number of aromatic amines is 1. The number of hydrogen-bond acceptors (Lipinski definition) is 12. The molecule has 2 aromatic carbocycles. The van der Waals surface area contributed by atoms with Crippen LogP contribution in [0.3, 0.4) is 0 Å². The highest BCUT2D eigenvalue weighted by Crippen LogP contribution is 2.68. The molecule has 60 heavy (non-hydrogen) atoms. The fourth-order valence-corrected chi connectivity index (χ4v) is 13.6. The van der Waals surface area contributed by atoms with Gasteiger partial charge in [0.1, 0.15) is 11.2 Å². The van der Waals surface area contributed by atoms with Crippen LogP contribution in [0.1, 0.15) is 81.7 Å². The van der Waals surface area contributed by atoms with Crippen LogP contribution in [-0.4, -0.2) is 133 Å². The number of carbonyl (C=O) groups is 3. The van der Waals surface area contributed by atoms with Crippen LogP contribution in [0.5, 0.6) is 5.75 Å². The number of carbonyl (C=O) groups excluding carboxylic acids is 3. The summed E-state index contributed by atoms with van der Waals surface area (Å²) in [5, 5.41) is 26.2. The lowest BCUT2D eigenvalue weighted by molar-refractivity contribution is -0.228. The third kappa shape index (κ3) is 5.34. The van der Waals surface area contributed by atoms with Crippen molar-refractivity contribution in [2.24, 2.45) is 11.3 Å². The minimum atomic E-state index is -2.30. The third-order valence-electron chi connectivity index (χ3n) is 15.9. The maximum absolute atomic E-state index is 15.3. The molecule has 322 valence electrons. The van der Waals surface area contributed by atoms with Gasteiger partial charge in [-0.15, -0.1) is 0 Å². The second kappa shape index (κ2) is 14.3. The number of aliphatic hydroxyl groups is 2. The molecule has 3 aromatic rings. The Bertz CT molecular complexity index is 2270. The van der Waals surface area contributed by atoms with Crippen molar-refractivity contribution in [3.63, 3.8) is 0 Å². The lowest BCUT2D eigenvalue weighted by atomic mass is 9.47. The topological polar surface area (TPSA) is 154 Å².